The Morgan fingerprint density at radius 2 is 2.12 bits per heavy atom. The minimum absolute atomic E-state index is 0.0298. The Balaban J connectivity index is 2.31. The molecule has 0 spiro atoms. The third kappa shape index (κ3) is 3.41. The number of nitrogens with zero attached hydrogens (tertiary/aromatic N) is 2. The topological polar surface area (TPSA) is 45.1 Å². The molecule has 1 saturated heterocycles. The minimum Gasteiger partial charge on any atom is -0.383 e. The highest BCUT2D eigenvalue weighted by atomic mass is 16.5. The first-order chi connectivity index (χ1) is 11.5. The second kappa shape index (κ2) is 8.01. The number of methoxy groups -OCH3 is 1. The van der Waals surface area contributed by atoms with Crippen molar-refractivity contribution < 1.29 is 9.84 Å². The van der Waals surface area contributed by atoms with Crippen LogP contribution in [0.5, 0.6) is 0 Å². The van der Waals surface area contributed by atoms with E-state index in [0.717, 1.165) is 63.6 Å². The van der Waals surface area contributed by atoms with Gasteiger partial charge in [-0.05, 0) is 51.4 Å². The Kier molecular flexibility index (Phi) is 6.49. The molecule has 0 aromatic heterocycles. The molecule has 0 bridgehead atoms. The lowest BCUT2D eigenvalue weighted by atomic mass is 9.75. The van der Waals surface area contributed by atoms with Crippen LogP contribution in [0.1, 0.15) is 72.1 Å². The molecule has 2 rings (SSSR count). The van der Waals surface area contributed by atoms with Crippen LogP contribution in [0.3, 0.4) is 0 Å². The van der Waals surface area contributed by atoms with E-state index in [1.807, 2.05) is 20.1 Å². The van der Waals surface area contributed by atoms with Gasteiger partial charge in [-0.2, -0.15) is 5.10 Å². The van der Waals surface area contributed by atoms with Gasteiger partial charge in [-0.15, -0.1) is 6.58 Å². The predicted molar refractivity (Wildman–Crippen MR) is 100 cm³/mol. The summed E-state index contributed by atoms with van der Waals surface area (Å²) in [7, 11) is 1.83. The second-order valence-electron chi connectivity index (χ2n) is 7.50. The molecular formula is C20H36N2O2. The van der Waals surface area contributed by atoms with Crippen molar-refractivity contribution >= 4 is 5.71 Å². The normalized spacial score (nSPS) is 31.5. The molecule has 2 aliphatic rings. The molecule has 3 atom stereocenters. The van der Waals surface area contributed by atoms with E-state index < -0.39 is 5.60 Å². The molecule has 138 valence electrons. The van der Waals surface area contributed by atoms with Crippen LogP contribution in [0, 0.1) is 5.92 Å². The van der Waals surface area contributed by atoms with Gasteiger partial charge in [0.1, 0.15) is 5.60 Å². The molecule has 2 fully saturated rings. The van der Waals surface area contributed by atoms with Crippen LogP contribution in [-0.4, -0.2) is 46.7 Å². The van der Waals surface area contributed by atoms with E-state index in [-0.39, 0.29) is 11.5 Å². The quantitative estimate of drug-likeness (QED) is 0.711. The number of aliphatic hydroxyl groups is 1. The summed E-state index contributed by atoms with van der Waals surface area (Å²) in [5, 5.41) is 18.5. The van der Waals surface area contributed by atoms with Gasteiger partial charge in [0.25, 0.3) is 0 Å². The molecular weight excluding hydrogens is 300 g/mol. The summed E-state index contributed by atoms with van der Waals surface area (Å²) < 4.78 is 5.97. The van der Waals surface area contributed by atoms with Gasteiger partial charge in [0.2, 0.25) is 0 Å². The molecule has 4 nitrogen and oxygen atoms in total. The van der Waals surface area contributed by atoms with E-state index in [0.29, 0.717) is 6.04 Å². The molecule has 0 unspecified atom stereocenters. The molecule has 0 amide bonds. The highest BCUT2D eigenvalue weighted by Crippen LogP contribution is 2.37. The standard InChI is InChI=1S/C20H36N2O2/c1-6-16(4)20(23)14-10-9-12-17(20)21-22-15-11-13-18(22)19(7-2,8-3)24-5/h6,16,18,23H,1,7-15H2,2-5H3/b21-17+/t16-,18-,20+/m0/s1. The smallest absolute Gasteiger partial charge is 0.110 e. The summed E-state index contributed by atoms with van der Waals surface area (Å²) in [5.74, 6) is 0.0298. The number of ether oxygens (including phenoxy) is 1. The summed E-state index contributed by atoms with van der Waals surface area (Å²) in [4.78, 5) is 0. The molecule has 1 saturated carbocycles. The Labute approximate surface area is 148 Å². The first-order valence-electron chi connectivity index (χ1n) is 9.72. The van der Waals surface area contributed by atoms with Crippen molar-refractivity contribution in [3.05, 3.63) is 12.7 Å². The van der Waals surface area contributed by atoms with Crippen LogP contribution in [0.25, 0.3) is 0 Å². The van der Waals surface area contributed by atoms with Gasteiger partial charge in [-0.3, -0.25) is 5.01 Å². The summed E-state index contributed by atoms with van der Waals surface area (Å²) in [6.45, 7) is 11.3. The van der Waals surface area contributed by atoms with E-state index in [2.05, 4.69) is 25.4 Å². The molecule has 1 aliphatic heterocycles. The van der Waals surface area contributed by atoms with Crippen molar-refractivity contribution in [1.29, 1.82) is 0 Å². The molecule has 0 aromatic carbocycles. The van der Waals surface area contributed by atoms with Crippen LogP contribution in [0.15, 0.2) is 17.8 Å². The third-order valence-electron chi connectivity index (χ3n) is 6.51. The lowest BCUT2D eigenvalue weighted by Gasteiger charge is -2.42. The Bertz CT molecular complexity index is 450. The van der Waals surface area contributed by atoms with Crippen molar-refractivity contribution in [3.63, 3.8) is 0 Å². The average molecular weight is 337 g/mol. The SMILES string of the molecule is C=C[C@H](C)[C@]1(O)CCCC/C1=N\N1CCC[C@H]1C(CC)(CC)OC. The highest BCUT2D eigenvalue weighted by molar-refractivity contribution is 5.93. The van der Waals surface area contributed by atoms with Crippen LogP contribution in [0.2, 0.25) is 0 Å². The summed E-state index contributed by atoms with van der Waals surface area (Å²) in [6, 6.07) is 0.301. The van der Waals surface area contributed by atoms with E-state index >= 15 is 0 Å². The lowest BCUT2D eigenvalue weighted by molar-refractivity contribution is -0.0739. The summed E-state index contributed by atoms with van der Waals surface area (Å²) >= 11 is 0. The molecule has 1 N–H and O–H groups in total. The van der Waals surface area contributed by atoms with Gasteiger partial charge in [-0.1, -0.05) is 26.8 Å². The van der Waals surface area contributed by atoms with Gasteiger partial charge in [-0.25, -0.2) is 0 Å². The summed E-state index contributed by atoms with van der Waals surface area (Å²) in [6.07, 6.45) is 9.93. The van der Waals surface area contributed by atoms with E-state index in [9.17, 15) is 5.11 Å². The van der Waals surface area contributed by atoms with Crippen molar-refractivity contribution in [1.82, 2.24) is 5.01 Å². The number of rotatable bonds is 7. The fourth-order valence-electron chi connectivity index (χ4n) is 4.58. The summed E-state index contributed by atoms with van der Waals surface area (Å²) in [5.41, 5.74) is -0.0242. The second-order valence-corrected chi connectivity index (χ2v) is 7.50. The van der Waals surface area contributed by atoms with E-state index in [4.69, 9.17) is 9.84 Å². The van der Waals surface area contributed by atoms with E-state index in [1.165, 1.54) is 0 Å². The highest BCUT2D eigenvalue weighted by Gasteiger charge is 2.44. The first kappa shape index (κ1) is 19.5. The third-order valence-corrected chi connectivity index (χ3v) is 6.51. The van der Waals surface area contributed by atoms with Crippen LogP contribution < -0.4 is 0 Å². The maximum atomic E-state index is 11.3. The fraction of sp³-hybridized carbons (Fsp3) is 0.850. The molecule has 4 heteroatoms. The van der Waals surface area contributed by atoms with Crippen LogP contribution in [0.4, 0.5) is 0 Å². The van der Waals surface area contributed by atoms with Crippen molar-refractivity contribution in [2.75, 3.05) is 13.7 Å². The minimum atomic E-state index is -0.832. The van der Waals surface area contributed by atoms with Gasteiger partial charge in [0.05, 0.1) is 17.4 Å². The predicted octanol–water partition coefficient (Wildman–Crippen LogP) is 4.14. The lowest BCUT2D eigenvalue weighted by Crippen LogP contribution is -2.51. The van der Waals surface area contributed by atoms with Gasteiger partial charge < -0.3 is 9.84 Å². The maximum Gasteiger partial charge on any atom is 0.110 e. The molecule has 0 aromatic rings. The number of hydrogen-bond acceptors (Lipinski definition) is 4. The van der Waals surface area contributed by atoms with Gasteiger partial charge in [0, 0.05) is 19.6 Å². The molecule has 1 aliphatic carbocycles. The number of hydrazone groups is 1. The molecule has 0 radical (unpaired) electrons. The zero-order valence-electron chi connectivity index (χ0n) is 16.1. The molecule has 1 heterocycles. The monoisotopic (exact) mass is 336 g/mol. The maximum absolute atomic E-state index is 11.3. The van der Waals surface area contributed by atoms with E-state index in [1.54, 1.807) is 0 Å². The van der Waals surface area contributed by atoms with Crippen molar-refractivity contribution in [3.8, 4) is 0 Å². The largest absolute Gasteiger partial charge is 0.383 e. The Morgan fingerprint density at radius 1 is 1.42 bits per heavy atom. The average Bonchev–Trinajstić information content (AvgIpc) is 3.07. The Morgan fingerprint density at radius 3 is 2.71 bits per heavy atom. The first-order valence-corrected chi connectivity index (χ1v) is 9.72. The van der Waals surface area contributed by atoms with Crippen LogP contribution in [-0.2, 0) is 4.74 Å². The van der Waals surface area contributed by atoms with Gasteiger partial charge in [0.15, 0.2) is 0 Å². The Hall–Kier alpha value is -0.870. The van der Waals surface area contributed by atoms with Gasteiger partial charge >= 0.3 is 0 Å². The molecule has 24 heavy (non-hydrogen) atoms. The number of hydrogen-bond donors (Lipinski definition) is 1. The van der Waals surface area contributed by atoms with Crippen LogP contribution >= 0.6 is 0 Å². The fourth-order valence-corrected chi connectivity index (χ4v) is 4.58. The van der Waals surface area contributed by atoms with Crippen molar-refractivity contribution in [2.24, 2.45) is 11.0 Å². The zero-order valence-corrected chi connectivity index (χ0v) is 16.1. The van der Waals surface area contributed by atoms with Crippen molar-refractivity contribution in [2.45, 2.75) is 89.4 Å². The zero-order chi connectivity index (χ0) is 17.8.